The first-order chi connectivity index (χ1) is 8.89. The Morgan fingerprint density at radius 1 is 1.00 bits per heavy atom. The highest BCUT2D eigenvalue weighted by atomic mass is 31.1. The Morgan fingerprint density at radius 2 is 1.50 bits per heavy atom. The number of rotatable bonds is 9. The Hall–Kier alpha value is -0.340. The van der Waals surface area contributed by atoms with Crippen molar-refractivity contribution in [3.05, 3.63) is 0 Å². The van der Waals surface area contributed by atoms with Gasteiger partial charge in [0.2, 0.25) is 0 Å². The van der Waals surface area contributed by atoms with E-state index in [0.717, 1.165) is 21.4 Å². The summed E-state index contributed by atoms with van der Waals surface area (Å²) in [5, 5.41) is 14.2. The number of guanidine groups is 1. The number of hydrogen-bond acceptors (Lipinski definition) is 2. The molecule has 0 rings (SSSR count). The summed E-state index contributed by atoms with van der Waals surface area (Å²) in [6.45, 7) is 15.5. The van der Waals surface area contributed by atoms with Crippen molar-refractivity contribution < 1.29 is 0 Å². The van der Waals surface area contributed by atoms with Gasteiger partial charge in [-0.15, -0.1) is 8.58 Å². The maximum absolute atomic E-state index is 7.36. The summed E-state index contributed by atoms with van der Waals surface area (Å²) in [4.78, 5) is 0. The van der Waals surface area contributed by atoms with Gasteiger partial charge in [0.05, 0.1) is 0 Å². The molecule has 0 aromatic carbocycles. The Balaban J connectivity index is 4.41. The first kappa shape index (κ1) is 19.7. The SMILES string of the molecule is CCPCC(C)(C)NC(C)(C)CCC(C)(C)NC(=N)N. The van der Waals surface area contributed by atoms with Crippen molar-refractivity contribution in [1.82, 2.24) is 10.6 Å². The minimum atomic E-state index is -0.139. The van der Waals surface area contributed by atoms with Gasteiger partial charge in [0.15, 0.2) is 5.96 Å². The second-order valence-electron chi connectivity index (χ2n) is 7.60. The van der Waals surface area contributed by atoms with Crippen molar-refractivity contribution >= 4 is 14.5 Å². The third kappa shape index (κ3) is 9.55. The third-order valence-corrected chi connectivity index (χ3v) is 4.98. The van der Waals surface area contributed by atoms with Crippen molar-refractivity contribution in [3.8, 4) is 0 Å². The maximum atomic E-state index is 7.36. The molecule has 0 bridgehead atoms. The molecule has 1 unspecified atom stereocenters. The van der Waals surface area contributed by atoms with Crippen LogP contribution in [-0.2, 0) is 0 Å². The Morgan fingerprint density at radius 3 is 1.95 bits per heavy atom. The highest BCUT2D eigenvalue weighted by Crippen LogP contribution is 2.25. The molecule has 0 radical (unpaired) electrons. The zero-order chi connectivity index (χ0) is 16.0. The van der Waals surface area contributed by atoms with Crippen LogP contribution in [0, 0.1) is 5.41 Å². The van der Waals surface area contributed by atoms with E-state index < -0.39 is 0 Å². The fourth-order valence-electron chi connectivity index (χ4n) is 2.51. The van der Waals surface area contributed by atoms with Gasteiger partial charge >= 0.3 is 0 Å². The summed E-state index contributed by atoms with van der Waals surface area (Å²) >= 11 is 0. The van der Waals surface area contributed by atoms with E-state index in [1.807, 2.05) is 0 Å². The molecule has 0 fully saturated rings. The molecule has 0 aromatic rings. The topological polar surface area (TPSA) is 73.9 Å². The van der Waals surface area contributed by atoms with Gasteiger partial charge in [-0.3, -0.25) is 5.41 Å². The molecule has 1 atom stereocenters. The quantitative estimate of drug-likeness (QED) is 0.300. The van der Waals surface area contributed by atoms with Crippen LogP contribution in [0.4, 0.5) is 0 Å². The molecule has 0 amide bonds. The molecular formula is C15H35N4P. The number of hydrogen-bond donors (Lipinski definition) is 4. The lowest BCUT2D eigenvalue weighted by Crippen LogP contribution is -2.55. The van der Waals surface area contributed by atoms with Gasteiger partial charge in [0.1, 0.15) is 0 Å². The van der Waals surface area contributed by atoms with E-state index in [1.165, 1.54) is 12.3 Å². The van der Waals surface area contributed by atoms with E-state index in [1.54, 1.807) is 0 Å². The molecule has 0 saturated carbocycles. The summed E-state index contributed by atoms with van der Waals surface area (Å²) in [5.41, 5.74) is 5.55. The van der Waals surface area contributed by atoms with Gasteiger partial charge in [-0.25, -0.2) is 0 Å². The van der Waals surface area contributed by atoms with Gasteiger partial charge in [-0.1, -0.05) is 6.92 Å². The van der Waals surface area contributed by atoms with E-state index in [4.69, 9.17) is 11.1 Å². The molecule has 5 heteroatoms. The predicted octanol–water partition coefficient (Wildman–Crippen LogP) is 2.87. The van der Waals surface area contributed by atoms with Crippen LogP contribution >= 0.6 is 8.58 Å². The Kier molecular flexibility index (Phi) is 7.48. The number of nitrogens with two attached hydrogens (primary N) is 1. The largest absolute Gasteiger partial charge is 0.370 e. The van der Waals surface area contributed by atoms with Gasteiger partial charge in [0, 0.05) is 16.6 Å². The van der Waals surface area contributed by atoms with Crippen LogP contribution < -0.4 is 16.4 Å². The van der Waals surface area contributed by atoms with E-state index in [2.05, 4.69) is 59.1 Å². The van der Waals surface area contributed by atoms with Gasteiger partial charge < -0.3 is 16.4 Å². The summed E-state index contributed by atoms with van der Waals surface area (Å²) < 4.78 is 0. The molecule has 0 spiro atoms. The van der Waals surface area contributed by atoms with E-state index in [9.17, 15) is 0 Å². The van der Waals surface area contributed by atoms with Crippen LogP contribution in [0.2, 0.25) is 0 Å². The maximum Gasteiger partial charge on any atom is 0.186 e. The molecule has 0 saturated heterocycles. The second kappa shape index (κ2) is 7.61. The van der Waals surface area contributed by atoms with Crippen molar-refractivity contribution in [1.29, 1.82) is 5.41 Å². The normalized spacial score (nSPS) is 13.9. The van der Waals surface area contributed by atoms with Gasteiger partial charge in [-0.2, -0.15) is 0 Å². The molecule has 0 heterocycles. The van der Waals surface area contributed by atoms with Crippen LogP contribution in [0.15, 0.2) is 0 Å². The molecule has 0 aliphatic heterocycles. The van der Waals surface area contributed by atoms with E-state index >= 15 is 0 Å². The first-order valence-electron chi connectivity index (χ1n) is 7.51. The first-order valence-corrected chi connectivity index (χ1v) is 8.93. The van der Waals surface area contributed by atoms with Gasteiger partial charge in [0.25, 0.3) is 0 Å². The lowest BCUT2D eigenvalue weighted by atomic mass is 9.87. The minimum absolute atomic E-state index is 0.0465. The molecule has 4 nitrogen and oxygen atoms in total. The molecule has 120 valence electrons. The molecule has 0 aromatic heterocycles. The molecule has 0 aliphatic rings. The predicted molar refractivity (Wildman–Crippen MR) is 93.4 cm³/mol. The summed E-state index contributed by atoms with van der Waals surface area (Å²) in [6, 6.07) is 0. The number of nitrogens with one attached hydrogen (secondary N) is 3. The van der Waals surface area contributed by atoms with Crippen molar-refractivity contribution in [2.45, 2.75) is 77.9 Å². The third-order valence-electron chi connectivity index (χ3n) is 3.34. The molecule has 5 N–H and O–H groups in total. The van der Waals surface area contributed by atoms with Crippen LogP contribution in [0.5, 0.6) is 0 Å². The molecule has 20 heavy (non-hydrogen) atoms. The van der Waals surface area contributed by atoms with Crippen molar-refractivity contribution in [3.63, 3.8) is 0 Å². The van der Waals surface area contributed by atoms with Crippen LogP contribution in [0.1, 0.15) is 61.3 Å². The van der Waals surface area contributed by atoms with Crippen LogP contribution in [0.25, 0.3) is 0 Å². The smallest absolute Gasteiger partial charge is 0.186 e. The molecular weight excluding hydrogens is 267 g/mol. The minimum Gasteiger partial charge on any atom is -0.370 e. The van der Waals surface area contributed by atoms with Crippen LogP contribution in [-0.4, -0.2) is 34.9 Å². The summed E-state index contributed by atoms with van der Waals surface area (Å²) in [5.74, 6) is 0.0465. The summed E-state index contributed by atoms with van der Waals surface area (Å²) in [7, 11) is 1.02. The van der Waals surface area contributed by atoms with Crippen molar-refractivity contribution in [2.24, 2.45) is 5.73 Å². The highest BCUT2D eigenvalue weighted by molar-refractivity contribution is 7.38. The fourth-order valence-corrected chi connectivity index (χ4v) is 3.48. The lowest BCUT2D eigenvalue weighted by molar-refractivity contribution is 0.244. The highest BCUT2D eigenvalue weighted by Gasteiger charge is 2.29. The Bertz CT molecular complexity index is 311. The zero-order valence-electron chi connectivity index (χ0n) is 14.4. The average Bonchev–Trinajstić information content (AvgIpc) is 2.21. The fraction of sp³-hybridized carbons (Fsp3) is 0.933. The van der Waals surface area contributed by atoms with E-state index in [0.29, 0.717) is 0 Å². The molecule has 0 aliphatic carbocycles. The second-order valence-corrected chi connectivity index (χ2v) is 9.16. The zero-order valence-corrected chi connectivity index (χ0v) is 15.4. The van der Waals surface area contributed by atoms with Crippen molar-refractivity contribution in [2.75, 3.05) is 12.3 Å². The lowest BCUT2D eigenvalue weighted by Gasteiger charge is -2.39. The standard InChI is InChI=1S/C15H35N4P/c1-8-20-11-15(6,7)19-14(4,5)10-9-13(2,3)18-12(16)17/h19-20H,8-11H2,1-7H3,(H4,16,17,18). The average molecular weight is 302 g/mol. The van der Waals surface area contributed by atoms with E-state index in [-0.39, 0.29) is 22.6 Å². The van der Waals surface area contributed by atoms with Crippen LogP contribution in [0.3, 0.4) is 0 Å². The Labute approximate surface area is 127 Å². The monoisotopic (exact) mass is 302 g/mol. The summed E-state index contributed by atoms with van der Waals surface area (Å²) in [6.07, 6.45) is 4.50. The van der Waals surface area contributed by atoms with Gasteiger partial charge in [-0.05, 0) is 66.7 Å².